The second-order valence-electron chi connectivity index (χ2n) is 4.95. The molecule has 0 aliphatic heterocycles. The zero-order valence-corrected chi connectivity index (χ0v) is 14.1. The van der Waals surface area contributed by atoms with Gasteiger partial charge in [0.15, 0.2) is 11.5 Å². The predicted molar refractivity (Wildman–Crippen MR) is 84.6 cm³/mol. The molecule has 0 atom stereocenters. The van der Waals surface area contributed by atoms with Gasteiger partial charge < -0.3 is 19.7 Å². The molecule has 1 rings (SSSR count). The van der Waals surface area contributed by atoms with Gasteiger partial charge in [0.05, 0.1) is 25.7 Å². The molecular formula is C15H25BrN2O2+2. The predicted octanol–water partition coefficient (Wildman–Crippen LogP) is 0.230. The number of rotatable bonds is 9. The van der Waals surface area contributed by atoms with E-state index in [0.717, 1.165) is 35.6 Å². The van der Waals surface area contributed by atoms with E-state index in [1.165, 1.54) is 10.5 Å². The Bertz CT molecular complexity index is 436. The van der Waals surface area contributed by atoms with Gasteiger partial charge in [0.25, 0.3) is 0 Å². The molecule has 112 valence electrons. The van der Waals surface area contributed by atoms with E-state index in [1.54, 1.807) is 13.2 Å². The third kappa shape index (κ3) is 5.53. The second kappa shape index (κ2) is 9.00. The Morgan fingerprint density at radius 3 is 2.75 bits per heavy atom. The highest BCUT2D eigenvalue weighted by Gasteiger charge is 2.12. The Morgan fingerprint density at radius 1 is 1.40 bits per heavy atom. The number of nitrogens with one attached hydrogen (secondary N) is 1. The summed E-state index contributed by atoms with van der Waals surface area (Å²) in [6.07, 6.45) is 1.72. The molecule has 0 aromatic heterocycles. The SMILES string of the molecule is C=CCOc1c(Br)cc(C[NH2+]CC[NH+](C)C)cc1OC. The van der Waals surface area contributed by atoms with Crippen LogP contribution in [0.3, 0.4) is 0 Å². The number of methoxy groups -OCH3 is 1. The summed E-state index contributed by atoms with van der Waals surface area (Å²) >= 11 is 3.54. The number of hydrogen-bond donors (Lipinski definition) is 2. The van der Waals surface area contributed by atoms with Crippen molar-refractivity contribution in [3.8, 4) is 11.5 Å². The van der Waals surface area contributed by atoms with E-state index in [1.807, 2.05) is 6.07 Å². The van der Waals surface area contributed by atoms with Crippen LogP contribution in [0.2, 0.25) is 0 Å². The molecular weight excluding hydrogens is 320 g/mol. The van der Waals surface area contributed by atoms with E-state index in [0.29, 0.717) is 6.61 Å². The number of hydrogen-bond acceptors (Lipinski definition) is 2. The van der Waals surface area contributed by atoms with Crippen molar-refractivity contribution in [2.75, 3.05) is 40.9 Å². The molecule has 0 bridgehead atoms. The summed E-state index contributed by atoms with van der Waals surface area (Å²) in [7, 11) is 5.99. The lowest BCUT2D eigenvalue weighted by atomic mass is 10.2. The monoisotopic (exact) mass is 344 g/mol. The zero-order valence-electron chi connectivity index (χ0n) is 12.5. The van der Waals surface area contributed by atoms with Crippen LogP contribution >= 0.6 is 15.9 Å². The first-order chi connectivity index (χ1) is 9.58. The molecule has 0 heterocycles. The van der Waals surface area contributed by atoms with Crippen molar-refractivity contribution < 1.29 is 19.7 Å². The first-order valence-electron chi connectivity index (χ1n) is 6.79. The highest BCUT2D eigenvalue weighted by Crippen LogP contribution is 2.36. The molecule has 0 aliphatic carbocycles. The van der Waals surface area contributed by atoms with Crippen molar-refractivity contribution in [1.29, 1.82) is 0 Å². The van der Waals surface area contributed by atoms with Crippen molar-refractivity contribution in [3.63, 3.8) is 0 Å². The smallest absolute Gasteiger partial charge is 0.175 e. The van der Waals surface area contributed by atoms with E-state index in [2.05, 4.69) is 48.0 Å². The second-order valence-corrected chi connectivity index (χ2v) is 5.80. The number of likely N-dealkylation sites (N-methyl/N-ethyl adjacent to an activating group) is 1. The molecule has 1 aromatic carbocycles. The van der Waals surface area contributed by atoms with Gasteiger partial charge in [-0.3, -0.25) is 0 Å². The van der Waals surface area contributed by atoms with Crippen molar-refractivity contribution in [2.45, 2.75) is 6.54 Å². The van der Waals surface area contributed by atoms with Crippen LogP contribution in [0.25, 0.3) is 0 Å². The summed E-state index contributed by atoms with van der Waals surface area (Å²) < 4.78 is 11.9. The molecule has 5 heteroatoms. The molecule has 0 saturated heterocycles. The van der Waals surface area contributed by atoms with Crippen molar-refractivity contribution in [3.05, 3.63) is 34.8 Å². The Kier molecular flexibility index (Phi) is 7.65. The lowest BCUT2D eigenvalue weighted by Gasteiger charge is -2.13. The first-order valence-corrected chi connectivity index (χ1v) is 7.58. The standard InChI is InChI=1S/C15H23BrN2O2/c1-5-8-20-15-13(16)9-12(10-14(15)19-4)11-17-6-7-18(2)3/h5,9-10,17H,1,6-8,11H2,2-4H3/p+2. The molecule has 0 saturated carbocycles. The van der Waals surface area contributed by atoms with Gasteiger partial charge in [-0.25, -0.2) is 0 Å². The van der Waals surface area contributed by atoms with Gasteiger partial charge in [0, 0.05) is 5.56 Å². The Morgan fingerprint density at radius 2 is 2.15 bits per heavy atom. The molecule has 3 N–H and O–H groups in total. The van der Waals surface area contributed by atoms with Crippen molar-refractivity contribution in [2.24, 2.45) is 0 Å². The fourth-order valence-corrected chi connectivity index (χ4v) is 2.44. The van der Waals surface area contributed by atoms with E-state index in [-0.39, 0.29) is 0 Å². The minimum absolute atomic E-state index is 0.464. The number of quaternary nitrogens is 2. The van der Waals surface area contributed by atoms with Crippen molar-refractivity contribution in [1.82, 2.24) is 0 Å². The van der Waals surface area contributed by atoms with Gasteiger partial charge >= 0.3 is 0 Å². The fraction of sp³-hybridized carbons (Fsp3) is 0.467. The zero-order chi connectivity index (χ0) is 15.0. The Balaban J connectivity index is 2.69. The van der Waals surface area contributed by atoms with Crippen LogP contribution in [0.5, 0.6) is 11.5 Å². The van der Waals surface area contributed by atoms with E-state index >= 15 is 0 Å². The third-order valence-electron chi connectivity index (χ3n) is 2.86. The van der Waals surface area contributed by atoms with Gasteiger partial charge in [-0.2, -0.15) is 0 Å². The average molecular weight is 345 g/mol. The summed E-state index contributed by atoms with van der Waals surface area (Å²) in [6, 6.07) is 4.11. The third-order valence-corrected chi connectivity index (χ3v) is 3.45. The number of nitrogens with two attached hydrogens (primary N) is 1. The summed E-state index contributed by atoms with van der Waals surface area (Å²) in [4.78, 5) is 1.47. The van der Waals surface area contributed by atoms with E-state index in [4.69, 9.17) is 9.47 Å². The lowest BCUT2D eigenvalue weighted by molar-refractivity contribution is -0.875. The van der Waals surface area contributed by atoms with Gasteiger partial charge in [0.1, 0.15) is 26.2 Å². The minimum Gasteiger partial charge on any atom is -0.493 e. The number of benzene rings is 1. The molecule has 0 aliphatic rings. The van der Waals surface area contributed by atoms with Crippen LogP contribution in [0.15, 0.2) is 29.3 Å². The van der Waals surface area contributed by atoms with E-state index < -0.39 is 0 Å². The summed E-state index contributed by atoms with van der Waals surface area (Å²) in [6.45, 7) is 7.31. The van der Waals surface area contributed by atoms with Crippen LogP contribution < -0.4 is 19.7 Å². The summed E-state index contributed by atoms with van der Waals surface area (Å²) in [5, 5.41) is 2.30. The maximum absolute atomic E-state index is 5.62. The molecule has 0 radical (unpaired) electrons. The van der Waals surface area contributed by atoms with Gasteiger partial charge in [-0.15, -0.1) is 0 Å². The summed E-state index contributed by atoms with van der Waals surface area (Å²) in [5.74, 6) is 1.48. The largest absolute Gasteiger partial charge is 0.493 e. The Hall–Kier alpha value is -1.04. The van der Waals surface area contributed by atoms with Crippen LogP contribution in [0, 0.1) is 0 Å². The highest BCUT2D eigenvalue weighted by atomic mass is 79.9. The minimum atomic E-state index is 0.464. The van der Waals surface area contributed by atoms with Gasteiger partial charge in [-0.05, 0) is 28.1 Å². The average Bonchev–Trinajstić information content (AvgIpc) is 2.41. The maximum Gasteiger partial charge on any atom is 0.175 e. The molecule has 0 amide bonds. The molecule has 1 aromatic rings. The maximum atomic E-state index is 5.62. The molecule has 4 nitrogen and oxygen atoms in total. The van der Waals surface area contributed by atoms with E-state index in [9.17, 15) is 0 Å². The molecule has 0 unspecified atom stereocenters. The fourth-order valence-electron chi connectivity index (χ4n) is 1.83. The normalized spacial score (nSPS) is 10.7. The quantitative estimate of drug-likeness (QED) is 0.497. The van der Waals surface area contributed by atoms with Gasteiger partial charge in [-0.1, -0.05) is 12.7 Å². The van der Waals surface area contributed by atoms with Crippen LogP contribution in [0.4, 0.5) is 0 Å². The first kappa shape index (κ1) is 17.0. The van der Waals surface area contributed by atoms with Crippen LogP contribution in [-0.4, -0.2) is 40.9 Å². The summed E-state index contributed by atoms with van der Waals surface area (Å²) in [5.41, 5.74) is 1.22. The van der Waals surface area contributed by atoms with Crippen LogP contribution in [0.1, 0.15) is 5.56 Å². The Labute approximate surface area is 129 Å². The number of ether oxygens (including phenoxy) is 2. The van der Waals surface area contributed by atoms with Crippen molar-refractivity contribution >= 4 is 15.9 Å². The highest BCUT2D eigenvalue weighted by molar-refractivity contribution is 9.10. The molecule has 20 heavy (non-hydrogen) atoms. The molecule has 0 spiro atoms. The van der Waals surface area contributed by atoms with Crippen LogP contribution in [-0.2, 0) is 6.54 Å². The van der Waals surface area contributed by atoms with Gasteiger partial charge in [0.2, 0.25) is 0 Å². The lowest BCUT2D eigenvalue weighted by Crippen LogP contribution is -3.09. The number of halogens is 1. The topological polar surface area (TPSA) is 39.5 Å². The molecule has 0 fully saturated rings.